The smallest absolute Gasteiger partial charge is 0.201 e. The molecule has 0 bridgehead atoms. The summed E-state index contributed by atoms with van der Waals surface area (Å²) < 4.78 is 13.5. The van der Waals surface area contributed by atoms with Crippen LogP contribution >= 0.6 is 36.0 Å². The van der Waals surface area contributed by atoms with Crippen molar-refractivity contribution in [1.29, 1.82) is 0 Å². The highest BCUT2D eigenvalue weighted by Gasteiger charge is 2.15. The fourth-order valence-electron chi connectivity index (χ4n) is 3.13. The van der Waals surface area contributed by atoms with Gasteiger partial charge in [0.15, 0.2) is 0 Å². The average Bonchev–Trinajstić information content (AvgIpc) is 2.93. The van der Waals surface area contributed by atoms with E-state index in [0.717, 1.165) is 57.5 Å². The molecule has 0 amide bonds. The van der Waals surface area contributed by atoms with Gasteiger partial charge in [-0.1, -0.05) is 23.7 Å². The largest absolute Gasteiger partial charge is 0.489 e. The summed E-state index contributed by atoms with van der Waals surface area (Å²) in [5.41, 5.74) is 2.04. The van der Waals surface area contributed by atoms with Crippen LogP contribution < -0.4 is 4.74 Å². The van der Waals surface area contributed by atoms with Gasteiger partial charge in [-0.25, -0.2) is 0 Å². The maximum absolute atomic E-state index is 5.90. The molecule has 0 fully saturated rings. The van der Waals surface area contributed by atoms with Gasteiger partial charge in [0.05, 0.1) is 5.69 Å². The number of fused-ring (bicyclic) bond motifs is 1. The number of halogens is 1. The van der Waals surface area contributed by atoms with E-state index in [9.17, 15) is 0 Å². The number of ether oxygens (including phenoxy) is 1. The zero-order chi connectivity index (χ0) is 18.1. The Labute approximate surface area is 167 Å². The minimum atomic E-state index is 0.499. The lowest BCUT2D eigenvalue weighted by atomic mass is 10.2. The van der Waals surface area contributed by atoms with Crippen LogP contribution in [0.1, 0.15) is 18.4 Å². The van der Waals surface area contributed by atoms with E-state index in [1.54, 1.807) is 0 Å². The Hall–Kier alpha value is -1.89. The zero-order valence-corrected chi connectivity index (χ0v) is 16.5. The summed E-state index contributed by atoms with van der Waals surface area (Å²) in [4.78, 5) is 0. The predicted octanol–water partition coefficient (Wildman–Crippen LogP) is 5.57. The van der Waals surface area contributed by atoms with Crippen LogP contribution in [0.3, 0.4) is 0 Å². The Balaban J connectivity index is 1.55. The molecule has 4 rings (SSSR count). The van der Waals surface area contributed by atoms with Crippen molar-refractivity contribution >= 4 is 36.0 Å². The van der Waals surface area contributed by atoms with Crippen LogP contribution in [-0.2, 0) is 19.7 Å². The highest BCUT2D eigenvalue weighted by atomic mass is 35.5. The molecule has 0 aliphatic carbocycles. The molecule has 0 spiro atoms. The van der Waals surface area contributed by atoms with E-state index in [-0.39, 0.29) is 0 Å². The van der Waals surface area contributed by atoms with Crippen molar-refractivity contribution in [2.24, 2.45) is 0 Å². The first-order valence-corrected chi connectivity index (χ1v) is 9.73. The standard InChI is InChI=1S/C19H18ClN3OS2/c20-15-5-3-14(4-6-15)13-24-17-9-7-16(8-10-17)23-18(25)21-11-1-2-12-22(21)19(23)26/h3-10H,1-2,11-13H2. The molecule has 0 saturated heterocycles. The number of hydrogen-bond donors (Lipinski definition) is 0. The third-order valence-corrected chi connectivity index (χ3v) is 5.56. The highest BCUT2D eigenvalue weighted by molar-refractivity contribution is 7.72. The maximum Gasteiger partial charge on any atom is 0.201 e. The van der Waals surface area contributed by atoms with Gasteiger partial charge in [0, 0.05) is 18.1 Å². The van der Waals surface area contributed by atoms with Crippen molar-refractivity contribution in [3.05, 3.63) is 68.7 Å². The molecule has 7 heteroatoms. The summed E-state index contributed by atoms with van der Waals surface area (Å²) in [6.45, 7) is 2.36. The van der Waals surface area contributed by atoms with Crippen molar-refractivity contribution in [2.45, 2.75) is 32.5 Å². The molecule has 0 saturated carbocycles. The van der Waals surface area contributed by atoms with Crippen LogP contribution in [0.2, 0.25) is 5.02 Å². The third kappa shape index (κ3) is 3.37. The lowest BCUT2D eigenvalue weighted by Gasteiger charge is -2.15. The predicted molar refractivity (Wildman–Crippen MR) is 108 cm³/mol. The summed E-state index contributed by atoms with van der Waals surface area (Å²) in [7, 11) is 0. The molecule has 0 atom stereocenters. The first kappa shape index (κ1) is 17.5. The molecule has 3 aromatic rings. The van der Waals surface area contributed by atoms with Crippen LogP contribution in [-0.4, -0.2) is 13.9 Å². The summed E-state index contributed by atoms with van der Waals surface area (Å²) in [6, 6.07) is 15.5. The molecule has 0 unspecified atom stereocenters. The Bertz CT molecular complexity index is 995. The van der Waals surface area contributed by atoms with E-state index in [2.05, 4.69) is 9.36 Å². The highest BCUT2D eigenvalue weighted by Crippen LogP contribution is 2.20. The zero-order valence-electron chi connectivity index (χ0n) is 14.1. The van der Waals surface area contributed by atoms with E-state index in [1.165, 1.54) is 0 Å². The fraction of sp³-hybridized carbons (Fsp3) is 0.263. The monoisotopic (exact) mass is 403 g/mol. The van der Waals surface area contributed by atoms with Crippen molar-refractivity contribution in [1.82, 2.24) is 13.9 Å². The van der Waals surface area contributed by atoms with E-state index in [4.69, 9.17) is 40.8 Å². The van der Waals surface area contributed by atoms with Gasteiger partial charge in [-0.05, 0) is 79.2 Å². The number of nitrogens with zero attached hydrogens (tertiary/aromatic N) is 3. The summed E-state index contributed by atoms with van der Waals surface area (Å²) >= 11 is 17.2. The first-order valence-electron chi connectivity index (χ1n) is 8.54. The van der Waals surface area contributed by atoms with Gasteiger partial charge in [0.1, 0.15) is 12.4 Å². The lowest BCUT2D eigenvalue weighted by Crippen LogP contribution is -2.18. The van der Waals surface area contributed by atoms with Crippen molar-refractivity contribution in [3.8, 4) is 11.4 Å². The Morgan fingerprint density at radius 1 is 0.846 bits per heavy atom. The molecule has 2 heterocycles. The maximum atomic E-state index is 5.90. The van der Waals surface area contributed by atoms with Gasteiger partial charge in [0.25, 0.3) is 0 Å². The van der Waals surface area contributed by atoms with E-state index < -0.39 is 0 Å². The number of hydrogen-bond acceptors (Lipinski definition) is 3. The SMILES string of the molecule is S=c1n(-c2ccc(OCc3ccc(Cl)cc3)cc2)c(=S)n2n1CCCC2. The van der Waals surface area contributed by atoms with Crippen molar-refractivity contribution in [2.75, 3.05) is 0 Å². The molecule has 0 N–H and O–H groups in total. The van der Waals surface area contributed by atoms with Crippen LogP contribution in [0.15, 0.2) is 48.5 Å². The van der Waals surface area contributed by atoms with Crippen LogP contribution in [0.4, 0.5) is 0 Å². The molecule has 4 nitrogen and oxygen atoms in total. The van der Waals surface area contributed by atoms with E-state index >= 15 is 0 Å². The molecule has 1 aliphatic rings. The van der Waals surface area contributed by atoms with Gasteiger partial charge < -0.3 is 4.74 Å². The van der Waals surface area contributed by atoms with Crippen molar-refractivity contribution in [3.63, 3.8) is 0 Å². The second-order valence-electron chi connectivity index (χ2n) is 6.26. The summed E-state index contributed by atoms with van der Waals surface area (Å²) in [5.74, 6) is 0.803. The van der Waals surface area contributed by atoms with E-state index in [1.807, 2.05) is 53.1 Å². The van der Waals surface area contributed by atoms with Gasteiger partial charge in [-0.15, -0.1) is 0 Å². The molecule has 1 aromatic heterocycles. The minimum Gasteiger partial charge on any atom is -0.489 e. The number of benzene rings is 2. The summed E-state index contributed by atoms with van der Waals surface area (Å²) in [5, 5.41) is 0.725. The van der Waals surface area contributed by atoms with Crippen LogP contribution in [0.25, 0.3) is 5.69 Å². The Kier molecular flexibility index (Phi) is 4.98. The number of aromatic nitrogens is 3. The normalized spacial score (nSPS) is 13.4. The average molecular weight is 404 g/mol. The lowest BCUT2D eigenvalue weighted by molar-refractivity contribution is 0.306. The molecule has 134 valence electrons. The Morgan fingerprint density at radius 2 is 1.42 bits per heavy atom. The number of rotatable bonds is 4. The fourth-order valence-corrected chi connectivity index (χ4v) is 4.08. The van der Waals surface area contributed by atoms with Crippen LogP contribution in [0, 0.1) is 9.54 Å². The Morgan fingerprint density at radius 3 is 2.00 bits per heavy atom. The van der Waals surface area contributed by atoms with Gasteiger partial charge in [0.2, 0.25) is 9.54 Å². The van der Waals surface area contributed by atoms with Gasteiger partial charge in [-0.2, -0.15) is 0 Å². The molecular formula is C19H18ClN3OS2. The topological polar surface area (TPSA) is 24.0 Å². The second-order valence-corrected chi connectivity index (χ2v) is 7.43. The first-order chi connectivity index (χ1) is 12.6. The molecule has 1 aliphatic heterocycles. The third-order valence-electron chi connectivity index (χ3n) is 4.52. The molecule has 26 heavy (non-hydrogen) atoms. The molecule has 0 radical (unpaired) electrons. The van der Waals surface area contributed by atoms with E-state index in [0.29, 0.717) is 6.61 Å². The second kappa shape index (κ2) is 7.39. The van der Waals surface area contributed by atoms with Crippen LogP contribution in [0.5, 0.6) is 5.75 Å². The quantitative estimate of drug-likeness (QED) is 0.532. The summed E-state index contributed by atoms with van der Waals surface area (Å²) in [6.07, 6.45) is 2.29. The van der Waals surface area contributed by atoms with Crippen molar-refractivity contribution < 1.29 is 4.74 Å². The van der Waals surface area contributed by atoms with Gasteiger partial charge >= 0.3 is 0 Å². The minimum absolute atomic E-state index is 0.499. The molecular weight excluding hydrogens is 386 g/mol. The van der Waals surface area contributed by atoms with Gasteiger partial charge in [-0.3, -0.25) is 13.9 Å². The molecule has 2 aromatic carbocycles.